The van der Waals surface area contributed by atoms with Crippen molar-refractivity contribution in [1.29, 1.82) is 0 Å². The van der Waals surface area contributed by atoms with Crippen LogP contribution in [0.15, 0.2) is 4.99 Å². The molecular formula is C17H26N2O. The van der Waals surface area contributed by atoms with E-state index >= 15 is 0 Å². The molecule has 4 aliphatic carbocycles. The third kappa shape index (κ3) is 2.19. The van der Waals surface area contributed by atoms with Gasteiger partial charge in [0.25, 0.3) is 0 Å². The van der Waals surface area contributed by atoms with Crippen LogP contribution in [0.5, 0.6) is 0 Å². The van der Waals surface area contributed by atoms with Crippen LogP contribution in [-0.4, -0.2) is 23.2 Å². The minimum absolute atomic E-state index is 0.166. The van der Waals surface area contributed by atoms with Crippen molar-refractivity contribution in [3.63, 3.8) is 0 Å². The number of carbonyl (C=O) groups excluding carboxylic acids is 1. The molecule has 0 aromatic rings. The van der Waals surface area contributed by atoms with Gasteiger partial charge in [-0.1, -0.05) is 0 Å². The second kappa shape index (κ2) is 4.57. The second-order valence-corrected chi connectivity index (χ2v) is 7.86. The van der Waals surface area contributed by atoms with E-state index in [1.807, 2.05) is 6.21 Å². The first-order valence-electron chi connectivity index (χ1n) is 8.52. The molecule has 0 saturated heterocycles. The molecule has 4 bridgehead atoms. The Kier molecular flexibility index (Phi) is 2.94. The van der Waals surface area contributed by atoms with E-state index in [1.165, 1.54) is 64.2 Å². The van der Waals surface area contributed by atoms with Gasteiger partial charge in [-0.25, -0.2) is 0 Å². The molecule has 4 saturated carbocycles. The van der Waals surface area contributed by atoms with E-state index in [4.69, 9.17) is 4.99 Å². The normalized spacial score (nSPS) is 45.6. The van der Waals surface area contributed by atoms with E-state index in [-0.39, 0.29) is 17.0 Å². The summed E-state index contributed by atoms with van der Waals surface area (Å²) in [6.07, 6.45) is 15.2. The lowest BCUT2D eigenvalue weighted by Crippen LogP contribution is -2.45. The summed E-state index contributed by atoms with van der Waals surface area (Å²) >= 11 is 0. The molecule has 4 aliphatic rings. The number of hydrogen-bond donors (Lipinski definition) is 1. The van der Waals surface area contributed by atoms with Gasteiger partial charge in [0.1, 0.15) is 0 Å². The zero-order chi connectivity index (χ0) is 13.6. The molecule has 20 heavy (non-hydrogen) atoms. The van der Waals surface area contributed by atoms with Crippen LogP contribution < -0.4 is 5.32 Å². The predicted molar refractivity (Wildman–Crippen MR) is 79.9 cm³/mol. The fourth-order valence-corrected chi connectivity index (χ4v) is 5.38. The maximum Gasteiger partial charge on any atom is 0.225 e. The molecule has 3 nitrogen and oxygen atoms in total. The Balaban J connectivity index is 1.30. The van der Waals surface area contributed by atoms with E-state index < -0.39 is 0 Å². The fraction of sp³-hybridized carbons (Fsp3) is 0.882. The van der Waals surface area contributed by atoms with Crippen molar-refractivity contribution in [2.75, 3.05) is 0 Å². The Labute approximate surface area is 121 Å². The number of carbonyl (C=O) groups is 1. The van der Waals surface area contributed by atoms with Crippen LogP contribution in [0.2, 0.25) is 0 Å². The van der Waals surface area contributed by atoms with E-state index in [2.05, 4.69) is 5.32 Å². The molecule has 3 heteroatoms. The largest absolute Gasteiger partial charge is 0.350 e. The minimum Gasteiger partial charge on any atom is -0.350 e. The highest BCUT2D eigenvalue weighted by Gasteiger charge is 2.46. The number of nitrogens with zero attached hydrogens (tertiary/aromatic N) is 1. The zero-order valence-corrected chi connectivity index (χ0v) is 12.4. The summed E-state index contributed by atoms with van der Waals surface area (Å²) in [5.74, 6) is 2.01. The second-order valence-electron chi connectivity index (χ2n) is 7.86. The molecule has 0 spiro atoms. The first kappa shape index (κ1) is 12.8. The van der Waals surface area contributed by atoms with Crippen molar-refractivity contribution >= 4 is 12.1 Å². The number of amides is 1. The van der Waals surface area contributed by atoms with Crippen LogP contribution in [0.1, 0.15) is 70.6 Å². The monoisotopic (exact) mass is 274 g/mol. The Morgan fingerprint density at radius 1 is 1.05 bits per heavy atom. The highest BCUT2D eigenvalue weighted by molar-refractivity contribution is 5.90. The molecule has 1 N–H and O–H groups in total. The molecule has 0 heterocycles. The standard InChI is InChI=1S/C17H26N2O/c20-15(19-17-8-3-14(12-17)4-9-17)5-10-18-16-6-1-13(11-16)2-7-16/h10,13-14H,1-9,11-12H2,(H,19,20). The molecular weight excluding hydrogens is 248 g/mol. The van der Waals surface area contributed by atoms with Crippen LogP contribution in [-0.2, 0) is 4.79 Å². The Bertz CT molecular complexity index is 426. The third-order valence-corrected chi connectivity index (χ3v) is 6.49. The van der Waals surface area contributed by atoms with Crippen LogP contribution >= 0.6 is 0 Å². The molecule has 0 atom stereocenters. The van der Waals surface area contributed by atoms with Crippen LogP contribution in [0.4, 0.5) is 0 Å². The van der Waals surface area contributed by atoms with Gasteiger partial charge >= 0.3 is 0 Å². The first-order chi connectivity index (χ1) is 9.67. The van der Waals surface area contributed by atoms with Gasteiger partial charge in [0, 0.05) is 11.8 Å². The maximum absolute atomic E-state index is 12.2. The predicted octanol–water partition coefficient (Wildman–Crippen LogP) is 3.23. The molecule has 4 fully saturated rings. The van der Waals surface area contributed by atoms with Gasteiger partial charge in [0.2, 0.25) is 5.91 Å². The highest BCUT2D eigenvalue weighted by Crippen LogP contribution is 2.50. The topological polar surface area (TPSA) is 41.5 Å². The van der Waals surface area contributed by atoms with Gasteiger partial charge in [0.05, 0.1) is 12.0 Å². The minimum atomic E-state index is 0.166. The van der Waals surface area contributed by atoms with Gasteiger partial charge in [0.15, 0.2) is 0 Å². The lowest BCUT2D eigenvalue weighted by Gasteiger charge is -2.27. The van der Waals surface area contributed by atoms with Crippen LogP contribution in [0.3, 0.4) is 0 Å². The van der Waals surface area contributed by atoms with Gasteiger partial charge < -0.3 is 5.32 Å². The summed E-state index contributed by atoms with van der Waals surface area (Å²) in [4.78, 5) is 17.0. The third-order valence-electron chi connectivity index (χ3n) is 6.49. The van der Waals surface area contributed by atoms with Crippen molar-refractivity contribution in [2.45, 2.75) is 81.7 Å². The van der Waals surface area contributed by atoms with Crippen molar-refractivity contribution < 1.29 is 4.79 Å². The number of nitrogens with one attached hydrogen (secondary N) is 1. The number of hydrogen-bond acceptors (Lipinski definition) is 2. The molecule has 4 rings (SSSR count). The van der Waals surface area contributed by atoms with Gasteiger partial charge in [-0.05, 0) is 76.0 Å². The van der Waals surface area contributed by atoms with Gasteiger partial charge in [-0.15, -0.1) is 0 Å². The molecule has 0 radical (unpaired) electrons. The van der Waals surface area contributed by atoms with Crippen molar-refractivity contribution in [2.24, 2.45) is 16.8 Å². The number of rotatable bonds is 4. The summed E-state index contributed by atoms with van der Waals surface area (Å²) in [7, 11) is 0. The SMILES string of the molecule is O=C(CC=NC12CCC(CC1)C2)NC12CCC(CC1)C2. The maximum atomic E-state index is 12.2. The van der Waals surface area contributed by atoms with Crippen LogP contribution in [0, 0.1) is 11.8 Å². The lowest BCUT2D eigenvalue weighted by atomic mass is 9.93. The molecule has 1 amide bonds. The van der Waals surface area contributed by atoms with Crippen molar-refractivity contribution in [3.8, 4) is 0 Å². The first-order valence-corrected chi connectivity index (χ1v) is 8.52. The van der Waals surface area contributed by atoms with Gasteiger partial charge in [-0.2, -0.15) is 0 Å². The number of fused-ring (bicyclic) bond motifs is 4. The van der Waals surface area contributed by atoms with E-state index in [9.17, 15) is 4.79 Å². The average Bonchev–Trinajstić information content (AvgIpc) is 3.17. The average molecular weight is 274 g/mol. The molecule has 0 aromatic heterocycles. The van der Waals surface area contributed by atoms with Gasteiger partial charge in [-0.3, -0.25) is 9.79 Å². The molecule has 110 valence electrons. The summed E-state index contributed by atoms with van der Waals surface area (Å²) in [6, 6.07) is 0. The van der Waals surface area contributed by atoms with E-state index in [0.717, 1.165) is 11.8 Å². The van der Waals surface area contributed by atoms with E-state index in [0.29, 0.717) is 6.42 Å². The summed E-state index contributed by atoms with van der Waals surface area (Å²) in [5, 5.41) is 3.32. The van der Waals surface area contributed by atoms with Crippen molar-refractivity contribution in [1.82, 2.24) is 5.32 Å². The molecule has 0 aromatic carbocycles. The molecule has 0 aliphatic heterocycles. The Morgan fingerprint density at radius 3 is 2.25 bits per heavy atom. The highest BCUT2D eigenvalue weighted by atomic mass is 16.1. The molecule has 0 unspecified atom stereocenters. The fourth-order valence-electron chi connectivity index (χ4n) is 5.38. The lowest BCUT2D eigenvalue weighted by molar-refractivity contribution is -0.121. The summed E-state index contributed by atoms with van der Waals surface area (Å²) in [6.45, 7) is 0. The smallest absolute Gasteiger partial charge is 0.225 e. The van der Waals surface area contributed by atoms with E-state index in [1.54, 1.807) is 0 Å². The summed E-state index contributed by atoms with van der Waals surface area (Å²) < 4.78 is 0. The summed E-state index contributed by atoms with van der Waals surface area (Å²) in [5.41, 5.74) is 0.398. The number of aliphatic imine (C=N–C) groups is 1. The Morgan fingerprint density at radius 2 is 1.70 bits per heavy atom. The quantitative estimate of drug-likeness (QED) is 0.786. The van der Waals surface area contributed by atoms with Crippen molar-refractivity contribution in [3.05, 3.63) is 0 Å². The Hall–Kier alpha value is -0.860. The zero-order valence-electron chi connectivity index (χ0n) is 12.4. The van der Waals surface area contributed by atoms with Crippen LogP contribution in [0.25, 0.3) is 0 Å².